The number of carbonyl (C=O) groups excluding carboxylic acids is 1. The molecule has 0 spiro atoms. The molecule has 2 aliphatic rings. The lowest BCUT2D eigenvalue weighted by Gasteiger charge is -2.26. The van der Waals surface area contributed by atoms with Crippen molar-refractivity contribution in [3.8, 4) is 0 Å². The van der Waals surface area contributed by atoms with E-state index < -0.39 is 0 Å². The molecule has 0 aromatic heterocycles. The normalized spacial score (nSPS) is 18.9. The van der Waals surface area contributed by atoms with Crippen LogP contribution < -0.4 is 11.1 Å². The van der Waals surface area contributed by atoms with E-state index in [0.717, 1.165) is 69.9 Å². The van der Waals surface area contributed by atoms with Gasteiger partial charge in [-0.1, -0.05) is 24.3 Å². The van der Waals surface area contributed by atoms with Gasteiger partial charge in [-0.15, -0.1) is 0 Å². The Labute approximate surface area is 161 Å². The molecule has 0 saturated carbocycles. The number of amides is 1. The standard InChI is InChI=1S/C20H31N5O2/c21-20(22-8-2-9-24-11-13-27-14-12-24)23-15-17-4-6-18(7-5-17)16-25-10-1-3-19(25)26/h4-7H,1-3,8-16H2,(H3,21,22,23). The van der Waals surface area contributed by atoms with Crippen LogP contribution in [0.4, 0.5) is 0 Å². The van der Waals surface area contributed by atoms with Crippen LogP contribution in [-0.4, -0.2) is 67.6 Å². The molecule has 0 aliphatic carbocycles. The molecule has 0 atom stereocenters. The van der Waals surface area contributed by atoms with E-state index in [1.54, 1.807) is 0 Å². The Morgan fingerprint density at radius 3 is 2.59 bits per heavy atom. The lowest BCUT2D eigenvalue weighted by molar-refractivity contribution is -0.128. The van der Waals surface area contributed by atoms with E-state index in [9.17, 15) is 4.79 Å². The van der Waals surface area contributed by atoms with Crippen molar-refractivity contribution in [1.29, 1.82) is 0 Å². The summed E-state index contributed by atoms with van der Waals surface area (Å²) in [6.45, 7) is 7.74. The third-order valence-electron chi connectivity index (χ3n) is 5.06. The zero-order valence-corrected chi connectivity index (χ0v) is 16.0. The Morgan fingerprint density at radius 1 is 1.15 bits per heavy atom. The third kappa shape index (κ3) is 6.52. The molecule has 148 valence electrons. The Balaban J connectivity index is 1.34. The molecule has 2 fully saturated rings. The van der Waals surface area contributed by atoms with Crippen LogP contribution in [0, 0.1) is 0 Å². The van der Waals surface area contributed by atoms with Gasteiger partial charge in [0.2, 0.25) is 5.91 Å². The number of rotatable bonds is 8. The number of aliphatic imine (C=N–C) groups is 1. The second kappa shape index (κ2) is 10.3. The first-order chi connectivity index (χ1) is 13.2. The lowest BCUT2D eigenvalue weighted by Crippen LogP contribution is -2.39. The number of hydrogen-bond acceptors (Lipinski definition) is 4. The van der Waals surface area contributed by atoms with Gasteiger partial charge in [-0.2, -0.15) is 0 Å². The first-order valence-electron chi connectivity index (χ1n) is 9.90. The fraction of sp³-hybridized carbons (Fsp3) is 0.600. The minimum absolute atomic E-state index is 0.260. The van der Waals surface area contributed by atoms with Crippen LogP contribution in [0.5, 0.6) is 0 Å². The molecule has 7 nitrogen and oxygen atoms in total. The molecule has 3 rings (SSSR count). The number of guanidine groups is 1. The lowest BCUT2D eigenvalue weighted by atomic mass is 10.1. The molecule has 1 amide bonds. The number of nitrogens with zero attached hydrogens (tertiary/aromatic N) is 3. The van der Waals surface area contributed by atoms with Gasteiger partial charge >= 0.3 is 0 Å². The highest BCUT2D eigenvalue weighted by atomic mass is 16.5. The van der Waals surface area contributed by atoms with Gasteiger partial charge in [-0.3, -0.25) is 9.69 Å². The van der Waals surface area contributed by atoms with Crippen molar-refractivity contribution in [1.82, 2.24) is 15.1 Å². The van der Waals surface area contributed by atoms with Gasteiger partial charge in [-0.05, 0) is 30.5 Å². The Bertz CT molecular complexity index is 626. The van der Waals surface area contributed by atoms with Crippen LogP contribution in [0.3, 0.4) is 0 Å². The number of carbonyl (C=O) groups is 1. The maximum absolute atomic E-state index is 11.7. The number of nitrogens with one attached hydrogen (secondary N) is 1. The van der Waals surface area contributed by atoms with Crippen LogP contribution in [-0.2, 0) is 22.6 Å². The Kier molecular flexibility index (Phi) is 7.47. The molecule has 1 aromatic rings. The molecular formula is C20H31N5O2. The monoisotopic (exact) mass is 373 g/mol. The number of nitrogens with two attached hydrogens (primary N) is 1. The molecule has 0 bridgehead atoms. The van der Waals surface area contributed by atoms with Crippen molar-refractivity contribution >= 4 is 11.9 Å². The molecule has 2 heterocycles. The van der Waals surface area contributed by atoms with Crippen LogP contribution in [0.15, 0.2) is 29.3 Å². The molecule has 7 heteroatoms. The van der Waals surface area contributed by atoms with Crippen LogP contribution in [0.2, 0.25) is 0 Å². The van der Waals surface area contributed by atoms with Crippen molar-refractivity contribution in [3.05, 3.63) is 35.4 Å². The van der Waals surface area contributed by atoms with Gasteiger partial charge < -0.3 is 20.7 Å². The predicted molar refractivity (Wildman–Crippen MR) is 106 cm³/mol. The van der Waals surface area contributed by atoms with Crippen molar-refractivity contribution in [2.24, 2.45) is 10.7 Å². The van der Waals surface area contributed by atoms with Crippen molar-refractivity contribution in [2.75, 3.05) is 45.9 Å². The number of benzene rings is 1. The SMILES string of the molecule is NC(=NCc1ccc(CN2CCCC2=O)cc1)NCCCN1CCOCC1. The average molecular weight is 374 g/mol. The molecule has 0 unspecified atom stereocenters. The topological polar surface area (TPSA) is 83.2 Å². The van der Waals surface area contributed by atoms with E-state index in [2.05, 4.69) is 39.5 Å². The van der Waals surface area contributed by atoms with Gasteiger partial charge in [0.1, 0.15) is 0 Å². The predicted octanol–water partition coefficient (Wildman–Crippen LogP) is 0.936. The molecule has 2 saturated heterocycles. The van der Waals surface area contributed by atoms with Gasteiger partial charge in [0, 0.05) is 39.1 Å². The maximum atomic E-state index is 11.7. The first-order valence-corrected chi connectivity index (χ1v) is 9.90. The highest BCUT2D eigenvalue weighted by Crippen LogP contribution is 2.15. The highest BCUT2D eigenvalue weighted by molar-refractivity contribution is 5.78. The fourth-order valence-electron chi connectivity index (χ4n) is 3.42. The van der Waals surface area contributed by atoms with Gasteiger partial charge in [0.25, 0.3) is 0 Å². The molecule has 27 heavy (non-hydrogen) atoms. The summed E-state index contributed by atoms with van der Waals surface area (Å²) in [4.78, 5) is 20.4. The zero-order chi connectivity index (χ0) is 18.9. The largest absolute Gasteiger partial charge is 0.379 e. The number of morpholine rings is 1. The Morgan fingerprint density at radius 2 is 1.89 bits per heavy atom. The molecule has 3 N–H and O–H groups in total. The first kappa shape index (κ1) is 19.6. The molecule has 2 aliphatic heterocycles. The summed E-state index contributed by atoms with van der Waals surface area (Å²) >= 11 is 0. The fourth-order valence-corrected chi connectivity index (χ4v) is 3.42. The summed E-state index contributed by atoms with van der Waals surface area (Å²) in [7, 11) is 0. The molecule has 0 radical (unpaired) electrons. The van der Waals surface area contributed by atoms with Crippen molar-refractivity contribution in [3.63, 3.8) is 0 Å². The third-order valence-corrected chi connectivity index (χ3v) is 5.06. The van der Waals surface area contributed by atoms with E-state index in [-0.39, 0.29) is 5.91 Å². The van der Waals surface area contributed by atoms with Crippen LogP contribution in [0.25, 0.3) is 0 Å². The summed E-state index contributed by atoms with van der Waals surface area (Å²) in [5.41, 5.74) is 8.23. The van der Waals surface area contributed by atoms with Gasteiger partial charge in [0.15, 0.2) is 5.96 Å². The summed E-state index contributed by atoms with van der Waals surface area (Å²) in [5.74, 6) is 0.750. The zero-order valence-electron chi connectivity index (χ0n) is 16.0. The minimum atomic E-state index is 0.260. The molecule has 1 aromatic carbocycles. The summed E-state index contributed by atoms with van der Waals surface area (Å²) in [5, 5.41) is 3.18. The summed E-state index contributed by atoms with van der Waals surface area (Å²) < 4.78 is 5.35. The number of ether oxygens (including phenoxy) is 1. The van der Waals surface area contributed by atoms with E-state index in [4.69, 9.17) is 10.5 Å². The van der Waals surface area contributed by atoms with E-state index in [1.807, 2.05) is 4.90 Å². The van der Waals surface area contributed by atoms with Crippen LogP contribution in [0.1, 0.15) is 30.4 Å². The minimum Gasteiger partial charge on any atom is -0.379 e. The quantitative estimate of drug-likeness (QED) is 0.402. The molecular weight excluding hydrogens is 342 g/mol. The van der Waals surface area contributed by atoms with Crippen molar-refractivity contribution < 1.29 is 9.53 Å². The Hall–Kier alpha value is -2.12. The van der Waals surface area contributed by atoms with Gasteiger partial charge in [-0.25, -0.2) is 4.99 Å². The number of likely N-dealkylation sites (tertiary alicyclic amines) is 1. The van der Waals surface area contributed by atoms with E-state index >= 15 is 0 Å². The number of hydrogen-bond donors (Lipinski definition) is 2. The van der Waals surface area contributed by atoms with E-state index in [0.29, 0.717) is 25.5 Å². The average Bonchev–Trinajstić information content (AvgIpc) is 3.10. The summed E-state index contributed by atoms with van der Waals surface area (Å²) in [6, 6.07) is 8.26. The smallest absolute Gasteiger partial charge is 0.222 e. The second-order valence-corrected chi connectivity index (χ2v) is 7.17. The highest BCUT2D eigenvalue weighted by Gasteiger charge is 2.19. The van der Waals surface area contributed by atoms with Crippen molar-refractivity contribution in [2.45, 2.75) is 32.4 Å². The summed E-state index contributed by atoms with van der Waals surface area (Å²) in [6.07, 6.45) is 2.70. The second-order valence-electron chi connectivity index (χ2n) is 7.17. The van der Waals surface area contributed by atoms with Crippen LogP contribution >= 0.6 is 0 Å². The van der Waals surface area contributed by atoms with E-state index in [1.165, 1.54) is 0 Å². The van der Waals surface area contributed by atoms with Gasteiger partial charge in [0.05, 0.1) is 19.8 Å². The maximum Gasteiger partial charge on any atom is 0.222 e.